The minimum atomic E-state index is -3.29. The van der Waals surface area contributed by atoms with E-state index in [-0.39, 0.29) is 39.8 Å². The molecule has 2 aromatic rings. The first-order valence-corrected chi connectivity index (χ1v) is 11.6. The number of nitrogens with zero attached hydrogens (tertiary/aromatic N) is 1. The van der Waals surface area contributed by atoms with Crippen LogP contribution in [0.15, 0.2) is 47.4 Å². The molecule has 0 bridgehead atoms. The summed E-state index contributed by atoms with van der Waals surface area (Å²) in [4.78, 5) is 39.1. The summed E-state index contributed by atoms with van der Waals surface area (Å²) in [5, 5.41) is 2.84. The maximum Gasteiger partial charge on any atom is 0.261 e. The summed E-state index contributed by atoms with van der Waals surface area (Å²) < 4.78 is 23.2. The number of amides is 3. The Morgan fingerprint density at radius 2 is 1.67 bits per heavy atom. The summed E-state index contributed by atoms with van der Waals surface area (Å²) in [6.45, 7) is 4.13. The van der Waals surface area contributed by atoms with Gasteiger partial charge in [0.1, 0.15) is 0 Å². The van der Waals surface area contributed by atoms with Crippen LogP contribution in [0.2, 0.25) is 0 Å². The van der Waals surface area contributed by atoms with Crippen LogP contribution in [0.5, 0.6) is 0 Å². The zero-order valence-electron chi connectivity index (χ0n) is 17.1. The quantitative estimate of drug-likeness (QED) is 0.684. The number of carbonyl (C=O) groups excluding carboxylic acids is 3. The fourth-order valence-corrected chi connectivity index (χ4v) is 3.95. The van der Waals surface area contributed by atoms with Gasteiger partial charge in [0.2, 0.25) is 0 Å². The van der Waals surface area contributed by atoms with Gasteiger partial charge in [0.15, 0.2) is 9.84 Å². The Morgan fingerprint density at radius 1 is 1.03 bits per heavy atom. The molecule has 0 aromatic heterocycles. The first kappa shape index (κ1) is 21.7. The molecule has 0 saturated carbocycles. The molecular weight excluding hydrogens is 404 g/mol. The third-order valence-corrected chi connectivity index (χ3v) is 6.25. The Labute approximate surface area is 176 Å². The topological polar surface area (TPSA) is 101 Å². The van der Waals surface area contributed by atoms with Crippen molar-refractivity contribution in [3.63, 3.8) is 0 Å². The maximum atomic E-state index is 12.7. The van der Waals surface area contributed by atoms with Crippen molar-refractivity contribution in [2.45, 2.75) is 37.6 Å². The van der Waals surface area contributed by atoms with E-state index in [1.807, 2.05) is 6.92 Å². The molecule has 158 valence electrons. The minimum Gasteiger partial charge on any atom is -0.346 e. The van der Waals surface area contributed by atoms with Gasteiger partial charge in [0.05, 0.1) is 22.1 Å². The molecule has 1 heterocycles. The molecular formula is C22H24N2O5S. The van der Waals surface area contributed by atoms with Crippen molar-refractivity contribution in [3.8, 4) is 0 Å². The summed E-state index contributed by atoms with van der Waals surface area (Å²) >= 11 is 0. The van der Waals surface area contributed by atoms with Gasteiger partial charge in [0.25, 0.3) is 17.7 Å². The predicted octanol–water partition coefficient (Wildman–Crippen LogP) is 2.98. The Kier molecular flexibility index (Phi) is 6.07. The third-order valence-electron chi connectivity index (χ3n) is 5.12. The summed E-state index contributed by atoms with van der Waals surface area (Å²) in [5.74, 6) is -1.08. The lowest BCUT2D eigenvalue weighted by Crippen LogP contribution is -2.30. The monoisotopic (exact) mass is 428 g/mol. The molecule has 1 N–H and O–H groups in total. The molecule has 0 aliphatic carbocycles. The van der Waals surface area contributed by atoms with Gasteiger partial charge in [-0.2, -0.15) is 0 Å². The molecule has 0 fully saturated rings. The number of nitrogens with one attached hydrogen (secondary N) is 1. The van der Waals surface area contributed by atoms with E-state index in [9.17, 15) is 22.8 Å². The van der Waals surface area contributed by atoms with Crippen molar-refractivity contribution in [1.29, 1.82) is 0 Å². The zero-order chi connectivity index (χ0) is 22.1. The van der Waals surface area contributed by atoms with Crippen LogP contribution in [0, 0.1) is 0 Å². The van der Waals surface area contributed by atoms with Crippen molar-refractivity contribution in [2.75, 3.05) is 12.8 Å². The third kappa shape index (κ3) is 4.28. The van der Waals surface area contributed by atoms with Crippen molar-refractivity contribution in [1.82, 2.24) is 10.2 Å². The van der Waals surface area contributed by atoms with Crippen LogP contribution in [-0.4, -0.2) is 43.8 Å². The van der Waals surface area contributed by atoms with Gasteiger partial charge in [-0.15, -0.1) is 0 Å². The summed E-state index contributed by atoms with van der Waals surface area (Å²) in [6, 6.07) is 10.4. The molecule has 30 heavy (non-hydrogen) atoms. The molecule has 3 amide bonds. The van der Waals surface area contributed by atoms with E-state index >= 15 is 0 Å². The number of imide groups is 1. The van der Waals surface area contributed by atoms with E-state index in [0.29, 0.717) is 12.1 Å². The van der Waals surface area contributed by atoms with Crippen LogP contribution >= 0.6 is 0 Å². The highest BCUT2D eigenvalue weighted by Gasteiger charge is 2.35. The van der Waals surface area contributed by atoms with E-state index in [0.717, 1.165) is 24.7 Å². The predicted molar refractivity (Wildman–Crippen MR) is 112 cm³/mol. The van der Waals surface area contributed by atoms with Crippen LogP contribution in [0.1, 0.15) is 69.4 Å². The number of hydrogen-bond donors (Lipinski definition) is 1. The normalized spacial score (nSPS) is 14.6. The number of unbranched alkanes of at least 4 members (excludes halogenated alkanes) is 1. The lowest BCUT2D eigenvalue weighted by molar-refractivity contribution is 0.0652. The van der Waals surface area contributed by atoms with Gasteiger partial charge < -0.3 is 5.32 Å². The van der Waals surface area contributed by atoms with Gasteiger partial charge in [-0.3, -0.25) is 19.3 Å². The first-order valence-electron chi connectivity index (χ1n) is 9.74. The van der Waals surface area contributed by atoms with E-state index in [1.54, 1.807) is 19.1 Å². The molecule has 8 heteroatoms. The summed E-state index contributed by atoms with van der Waals surface area (Å²) in [5.41, 5.74) is 1.59. The van der Waals surface area contributed by atoms with Crippen molar-refractivity contribution >= 4 is 27.6 Å². The van der Waals surface area contributed by atoms with Crippen LogP contribution in [0.3, 0.4) is 0 Å². The van der Waals surface area contributed by atoms with E-state index in [2.05, 4.69) is 5.32 Å². The second-order valence-corrected chi connectivity index (χ2v) is 9.43. The fourth-order valence-electron chi connectivity index (χ4n) is 3.32. The van der Waals surface area contributed by atoms with Crippen LogP contribution in [-0.2, 0) is 9.84 Å². The van der Waals surface area contributed by atoms with Crippen LogP contribution in [0.4, 0.5) is 0 Å². The van der Waals surface area contributed by atoms with Crippen molar-refractivity contribution < 1.29 is 22.8 Å². The molecule has 0 radical (unpaired) electrons. The van der Waals surface area contributed by atoms with Crippen molar-refractivity contribution in [2.24, 2.45) is 0 Å². The average molecular weight is 429 g/mol. The fraction of sp³-hybridized carbons (Fsp3) is 0.318. The van der Waals surface area contributed by atoms with E-state index in [1.165, 1.54) is 35.2 Å². The maximum absolute atomic E-state index is 12.7. The molecule has 1 aliphatic rings. The van der Waals surface area contributed by atoms with E-state index in [4.69, 9.17) is 0 Å². The number of carbonyl (C=O) groups is 3. The number of benzene rings is 2. The lowest BCUT2D eigenvalue weighted by Gasteiger charge is -2.15. The Balaban J connectivity index is 1.75. The second-order valence-electron chi connectivity index (χ2n) is 7.41. The Bertz CT molecular complexity index is 1110. The van der Waals surface area contributed by atoms with Gasteiger partial charge in [-0.25, -0.2) is 8.42 Å². The van der Waals surface area contributed by atoms with E-state index < -0.39 is 9.84 Å². The molecule has 3 rings (SSSR count). The summed E-state index contributed by atoms with van der Waals surface area (Å²) in [7, 11) is -3.29. The molecule has 1 atom stereocenters. The SMILES string of the molecule is CCCCN1C(=O)c2ccc(C(=O)NC(C)c3ccc(S(C)(=O)=O)cc3)cc2C1=O. The van der Waals surface area contributed by atoms with Gasteiger partial charge in [-0.1, -0.05) is 25.5 Å². The smallest absolute Gasteiger partial charge is 0.261 e. The molecule has 7 nitrogen and oxygen atoms in total. The van der Waals surface area contributed by atoms with Gasteiger partial charge in [-0.05, 0) is 49.2 Å². The number of rotatable bonds is 7. The highest BCUT2D eigenvalue weighted by Crippen LogP contribution is 2.25. The van der Waals surface area contributed by atoms with Crippen LogP contribution in [0.25, 0.3) is 0 Å². The lowest BCUT2D eigenvalue weighted by atomic mass is 10.0. The van der Waals surface area contributed by atoms with Gasteiger partial charge >= 0.3 is 0 Å². The number of hydrogen-bond acceptors (Lipinski definition) is 5. The molecule has 2 aromatic carbocycles. The average Bonchev–Trinajstić information content (AvgIpc) is 2.95. The number of sulfone groups is 1. The standard InChI is InChI=1S/C22H24N2O5S/c1-4-5-12-24-21(26)18-11-8-16(13-19(18)22(24)27)20(25)23-14(2)15-6-9-17(10-7-15)30(3,28)29/h6-11,13-14H,4-5,12H2,1-3H3,(H,23,25). The Morgan fingerprint density at radius 3 is 2.27 bits per heavy atom. The molecule has 0 spiro atoms. The summed E-state index contributed by atoms with van der Waals surface area (Å²) in [6.07, 6.45) is 2.73. The molecule has 1 aliphatic heterocycles. The molecule has 0 saturated heterocycles. The number of fused-ring (bicyclic) bond motifs is 1. The van der Waals surface area contributed by atoms with Gasteiger partial charge in [0, 0.05) is 18.4 Å². The Hall–Kier alpha value is -3.00. The largest absolute Gasteiger partial charge is 0.346 e. The molecule has 1 unspecified atom stereocenters. The highest BCUT2D eigenvalue weighted by molar-refractivity contribution is 7.90. The highest BCUT2D eigenvalue weighted by atomic mass is 32.2. The first-order chi connectivity index (χ1) is 14.1. The minimum absolute atomic E-state index is 0.208. The van der Waals surface area contributed by atoms with Crippen LogP contribution < -0.4 is 5.32 Å². The van der Waals surface area contributed by atoms with Crippen molar-refractivity contribution in [3.05, 3.63) is 64.7 Å². The zero-order valence-corrected chi connectivity index (χ0v) is 18.0. The second kappa shape index (κ2) is 8.39.